The van der Waals surface area contributed by atoms with Gasteiger partial charge in [0.25, 0.3) is 15.7 Å². The number of fused-ring (bicyclic) bond motifs is 1. The normalized spacial score (nSPS) is 15.6. The Morgan fingerprint density at radius 3 is 2.80 bits per heavy atom. The number of rotatable bonds is 3. The summed E-state index contributed by atoms with van der Waals surface area (Å²) < 4.78 is 31.7. The van der Waals surface area contributed by atoms with Crippen LogP contribution in [0.3, 0.4) is 0 Å². The molecule has 1 aliphatic heterocycles. The molecule has 10 heteroatoms. The van der Waals surface area contributed by atoms with Crippen molar-refractivity contribution in [3.8, 4) is 0 Å². The van der Waals surface area contributed by atoms with E-state index in [2.05, 4.69) is 14.5 Å². The maximum atomic E-state index is 11.9. The lowest BCUT2D eigenvalue weighted by atomic mass is 10.2. The number of amidine groups is 1. The molecule has 9 nitrogen and oxygen atoms in total. The minimum Gasteiger partial charge on any atom is -0.469 e. The Labute approximate surface area is 113 Å². The Morgan fingerprint density at radius 1 is 1.50 bits per heavy atom. The molecule has 0 saturated heterocycles. The van der Waals surface area contributed by atoms with Crippen molar-refractivity contribution in [2.45, 2.75) is 11.3 Å². The molecule has 106 valence electrons. The number of nitro groups is 1. The maximum Gasteiger partial charge on any atom is 0.313 e. The van der Waals surface area contributed by atoms with Gasteiger partial charge in [-0.05, 0) is 6.07 Å². The number of carbonyl (C=O) groups is 1. The van der Waals surface area contributed by atoms with Crippen LogP contribution in [-0.4, -0.2) is 32.3 Å². The molecule has 1 aromatic carbocycles. The summed E-state index contributed by atoms with van der Waals surface area (Å²) in [6.07, 6.45) is -0.341. The number of nitrogens with zero attached hydrogens (tertiary/aromatic N) is 2. The fourth-order valence-electron chi connectivity index (χ4n) is 1.60. The third-order valence-electron chi connectivity index (χ3n) is 2.50. The Hall–Kier alpha value is -2.49. The van der Waals surface area contributed by atoms with Gasteiger partial charge in [0.05, 0.1) is 17.7 Å². The van der Waals surface area contributed by atoms with Gasteiger partial charge in [0.15, 0.2) is 0 Å². The topological polar surface area (TPSA) is 128 Å². The van der Waals surface area contributed by atoms with Crippen molar-refractivity contribution in [3.63, 3.8) is 0 Å². The number of hydrogen-bond donors (Lipinski definition) is 1. The number of sulfonamides is 1. The molecule has 20 heavy (non-hydrogen) atoms. The van der Waals surface area contributed by atoms with Crippen LogP contribution in [0.1, 0.15) is 6.42 Å². The summed E-state index contributed by atoms with van der Waals surface area (Å²) in [5, 5.41) is 13.3. The van der Waals surface area contributed by atoms with Crippen molar-refractivity contribution in [3.05, 3.63) is 28.3 Å². The fraction of sp³-hybridized carbons (Fsp3) is 0.200. The zero-order valence-corrected chi connectivity index (χ0v) is 11.0. The van der Waals surface area contributed by atoms with E-state index in [9.17, 15) is 23.3 Å². The molecule has 0 aromatic heterocycles. The number of carbonyl (C=O) groups excluding carboxylic acids is 1. The van der Waals surface area contributed by atoms with Gasteiger partial charge < -0.3 is 10.1 Å². The number of nitrogens with one attached hydrogen (secondary N) is 1. The number of anilines is 1. The van der Waals surface area contributed by atoms with Crippen molar-refractivity contribution < 1.29 is 22.9 Å². The lowest BCUT2D eigenvalue weighted by Crippen LogP contribution is -2.24. The molecule has 0 saturated carbocycles. The molecule has 0 unspecified atom stereocenters. The second-order valence-electron chi connectivity index (χ2n) is 3.83. The Morgan fingerprint density at radius 2 is 2.20 bits per heavy atom. The summed E-state index contributed by atoms with van der Waals surface area (Å²) in [5.41, 5.74) is -0.231. The van der Waals surface area contributed by atoms with E-state index in [-0.39, 0.29) is 28.5 Å². The number of benzene rings is 1. The summed E-state index contributed by atoms with van der Waals surface area (Å²) >= 11 is 0. The molecule has 1 aromatic rings. The first kappa shape index (κ1) is 13.9. The highest BCUT2D eigenvalue weighted by atomic mass is 32.2. The smallest absolute Gasteiger partial charge is 0.313 e. The average molecular weight is 299 g/mol. The summed E-state index contributed by atoms with van der Waals surface area (Å²) in [6.45, 7) is 0. The molecule has 0 bridgehead atoms. The highest BCUT2D eigenvalue weighted by Crippen LogP contribution is 2.31. The van der Waals surface area contributed by atoms with Gasteiger partial charge >= 0.3 is 5.97 Å². The average Bonchev–Trinajstić information content (AvgIpc) is 2.37. The number of hydrogen-bond acceptors (Lipinski definition) is 7. The van der Waals surface area contributed by atoms with Crippen LogP contribution < -0.4 is 5.32 Å². The van der Waals surface area contributed by atoms with Crippen molar-refractivity contribution >= 4 is 33.2 Å². The molecular formula is C10H9N3O6S. The van der Waals surface area contributed by atoms with Crippen LogP contribution in [0.4, 0.5) is 11.4 Å². The monoisotopic (exact) mass is 299 g/mol. The summed E-state index contributed by atoms with van der Waals surface area (Å²) in [6, 6.07) is 3.31. The summed E-state index contributed by atoms with van der Waals surface area (Å²) in [7, 11) is -2.92. The predicted octanol–water partition coefficient (Wildman–Crippen LogP) is 0.671. The minimum absolute atomic E-state index is 0.0989. The van der Waals surface area contributed by atoms with Crippen molar-refractivity contribution in [1.82, 2.24) is 0 Å². The SMILES string of the molecule is COC(=O)CC1=NS(=O)(=O)c2cc([N+](=O)[O-])ccc2N1. The Bertz CT molecular complexity index is 725. The lowest BCUT2D eigenvalue weighted by Gasteiger charge is -2.17. The second kappa shape index (κ2) is 4.89. The van der Waals surface area contributed by atoms with Crippen LogP contribution in [0, 0.1) is 10.1 Å². The number of nitro benzene ring substituents is 1. The molecule has 0 radical (unpaired) electrons. The van der Waals surface area contributed by atoms with Gasteiger partial charge in [-0.1, -0.05) is 0 Å². The van der Waals surface area contributed by atoms with Gasteiger partial charge in [0.1, 0.15) is 17.2 Å². The van der Waals surface area contributed by atoms with Gasteiger partial charge in [-0.15, -0.1) is 4.40 Å². The van der Waals surface area contributed by atoms with E-state index in [0.29, 0.717) is 0 Å². The van der Waals surface area contributed by atoms with Gasteiger partial charge in [-0.2, -0.15) is 8.42 Å². The van der Waals surface area contributed by atoms with Crippen LogP contribution in [0.15, 0.2) is 27.5 Å². The van der Waals surface area contributed by atoms with Crippen molar-refractivity contribution in [2.75, 3.05) is 12.4 Å². The van der Waals surface area contributed by atoms with Gasteiger partial charge in [-0.25, -0.2) is 0 Å². The molecule has 1 aliphatic rings. The minimum atomic E-state index is -4.09. The molecule has 0 atom stereocenters. The third kappa shape index (κ3) is 2.59. The molecule has 0 fully saturated rings. The number of methoxy groups -OCH3 is 1. The summed E-state index contributed by atoms with van der Waals surface area (Å²) in [5.74, 6) is -0.755. The first-order valence-corrected chi connectivity index (χ1v) is 6.73. The van der Waals surface area contributed by atoms with Gasteiger partial charge in [0, 0.05) is 12.1 Å². The largest absolute Gasteiger partial charge is 0.469 e. The van der Waals surface area contributed by atoms with E-state index in [0.717, 1.165) is 19.2 Å². The molecule has 2 rings (SSSR count). The van der Waals surface area contributed by atoms with E-state index in [1.807, 2.05) is 0 Å². The quantitative estimate of drug-likeness (QED) is 0.493. The Kier molecular flexibility index (Phi) is 3.40. The van der Waals surface area contributed by atoms with Gasteiger partial charge in [0.2, 0.25) is 0 Å². The van der Waals surface area contributed by atoms with Crippen LogP contribution in [0.2, 0.25) is 0 Å². The van der Waals surface area contributed by atoms with Gasteiger partial charge in [-0.3, -0.25) is 14.9 Å². The Balaban J connectivity index is 2.44. The zero-order chi connectivity index (χ0) is 14.9. The standard InChI is InChI=1S/C10H9N3O6S/c1-19-10(14)5-9-11-7-3-2-6(13(15)16)4-8(7)20(17,18)12-9/h2-4H,5H2,1H3,(H,11,12). The van der Waals surface area contributed by atoms with E-state index in [1.165, 1.54) is 6.07 Å². The fourth-order valence-corrected chi connectivity index (χ4v) is 2.76. The van der Waals surface area contributed by atoms with Crippen molar-refractivity contribution in [1.29, 1.82) is 0 Å². The molecule has 1 N–H and O–H groups in total. The van der Waals surface area contributed by atoms with Crippen LogP contribution in [0.5, 0.6) is 0 Å². The maximum absolute atomic E-state index is 11.9. The highest BCUT2D eigenvalue weighted by molar-refractivity contribution is 7.90. The van der Waals surface area contributed by atoms with E-state index < -0.39 is 20.9 Å². The molecule has 0 spiro atoms. The first-order chi connectivity index (χ1) is 9.33. The molecular weight excluding hydrogens is 290 g/mol. The van der Waals surface area contributed by atoms with E-state index >= 15 is 0 Å². The van der Waals surface area contributed by atoms with E-state index in [1.54, 1.807) is 0 Å². The number of non-ortho nitro benzene ring substituents is 1. The zero-order valence-electron chi connectivity index (χ0n) is 10.2. The highest BCUT2D eigenvalue weighted by Gasteiger charge is 2.28. The van der Waals surface area contributed by atoms with Crippen LogP contribution >= 0.6 is 0 Å². The van der Waals surface area contributed by atoms with Crippen LogP contribution in [0.25, 0.3) is 0 Å². The lowest BCUT2D eigenvalue weighted by molar-refractivity contribution is -0.385. The molecule has 0 amide bonds. The van der Waals surface area contributed by atoms with Crippen molar-refractivity contribution in [2.24, 2.45) is 4.40 Å². The number of ether oxygens (including phenoxy) is 1. The first-order valence-electron chi connectivity index (χ1n) is 5.29. The third-order valence-corrected chi connectivity index (χ3v) is 3.86. The van der Waals surface area contributed by atoms with E-state index in [4.69, 9.17) is 0 Å². The second-order valence-corrected chi connectivity index (χ2v) is 5.40. The molecule has 1 heterocycles. The number of esters is 1. The molecule has 0 aliphatic carbocycles. The van der Waals surface area contributed by atoms with Crippen LogP contribution in [-0.2, 0) is 19.6 Å². The summed E-state index contributed by atoms with van der Waals surface area (Å²) in [4.78, 5) is 20.7. The predicted molar refractivity (Wildman–Crippen MR) is 68.0 cm³/mol.